The number of amides is 1. The number of nitrogens with zero attached hydrogens (tertiary/aromatic N) is 7. The lowest BCUT2D eigenvalue weighted by atomic mass is 9.85. The standard InChI is InChI=1S/C17H23N9O2/c1-28-6-5-25-10-13(8-20-25)26-16-14(23-24-26)9-19-17(22-16)21-12-4-2-3-11(7-12)15(18)27/h8-12H,2-7H2,1H3,(H2,18,27)(H,19,21,22). The maximum absolute atomic E-state index is 11.5. The Morgan fingerprint density at radius 2 is 2.29 bits per heavy atom. The highest BCUT2D eigenvalue weighted by Gasteiger charge is 2.26. The molecule has 11 nitrogen and oxygen atoms in total. The van der Waals surface area contributed by atoms with E-state index in [0.717, 1.165) is 24.9 Å². The van der Waals surface area contributed by atoms with Crippen molar-refractivity contribution in [3.63, 3.8) is 0 Å². The number of aromatic nitrogens is 7. The summed E-state index contributed by atoms with van der Waals surface area (Å²) < 4.78 is 8.48. The van der Waals surface area contributed by atoms with Crippen LogP contribution in [0.4, 0.5) is 5.95 Å². The van der Waals surface area contributed by atoms with Crippen molar-refractivity contribution in [2.75, 3.05) is 19.0 Å². The highest BCUT2D eigenvalue weighted by Crippen LogP contribution is 2.26. The van der Waals surface area contributed by atoms with Gasteiger partial charge in [-0.3, -0.25) is 9.48 Å². The van der Waals surface area contributed by atoms with Crippen LogP contribution in [0.1, 0.15) is 25.7 Å². The first-order chi connectivity index (χ1) is 13.6. The fourth-order valence-corrected chi connectivity index (χ4v) is 3.50. The topological polar surface area (TPSA) is 139 Å². The minimum Gasteiger partial charge on any atom is -0.383 e. The largest absolute Gasteiger partial charge is 0.383 e. The molecule has 3 heterocycles. The number of hydrogen-bond acceptors (Lipinski definition) is 8. The second-order valence-electron chi connectivity index (χ2n) is 6.97. The predicted octanol–water partition coefficient (Wildman–Crippen LogP) is 0.509. The molecule has 2 unspecified atom stereocenters. The molecule has 1 aliphatic carbocycles. The first-order valence-electron chi connectivity index (χ1n) is 9.30. The molecule has 3 aromatic rings. The van der Waals surface area contributed by atoms with Crippen molar-refractivity contribution in [2.24, 2.45) is 11.7 Å². The number of hydrogen-bond donors (Lipinski definition) is 2. The van der Waals surface area contributed by atoms with E-state index in [1.807, 2.05) is 6.20 Å². The Balaban J connectivity index is 1.54. The molecule has 28 heavy (non-hydrogen) atoms. The fourth-order valence-electron chi connectivity index (χ4n) is 3.50. The van der Waals surface area contributed by atoms with Crippen molar-refractivity contribution in [3.8, 4) is 5.69 Å². The van der Waals surface area contributed by atoms with Gasteiger partial charge in [0.05, 0.1) is 31.7 Å². The number of carbonyl (C=O) groups excluding carboxylic acids is 1. The van der Waals surface area contributed by atoms with Crippen LogP contribution in [0.5, 0.6) is 0 Å². The van der Waals surface area contributed by atoms with Crippen molar-refractivity contribution < 1.29 is 9.53 Å². The zero-order valence-electron chi connectivity index (χ0n) is 15.7. The summed E-state index contributed by atoms with van der Waals surface area (Å²) in [6.45, 7) is 1.22. The van der Waals surface area contributed by atoms with Crippen LogP contribution in [-0.2, 0) is 16.1 Å². The molecule has 2 atom stereocenters. The molecule has 0 saturated heterocycles. The first kappa shape index (κ1) is 18.3. The van der Waals surface area contributed by atoms with Crippen LogP contribution in [0.25, 0.3) is 16.9 Å². The zero-order chi connectivity index (χ0) is 19.5. The van der Waals surface area contributed by atoms with E-state index in [1.165, 1.54) is 0 Å². The first-order valence-corrected chi connectivity index (χ1v) is 9.30. The number of carbonyl (C=O) groups is 1. The third kappa shape index (κ3) is 3.79. The number of ether oxygens (including phenoxy) is 1. The van der Waals surface area contributed by atoms with Gasteiger partial charge in [-0.2, -0.15) is 14.8 Å². The highest BCUT2D eigenvalue weighted by atomic mass is 16.5. The van der Waals surface area contributed by atoms with Gasteiger partial charge in [-0.25, -0.2) is 4.98 Å². The minimum absolute atomic E-state index is 0.0971. The Hall–Kier alpha value is -3.08. The van der Waals surface area contributed by atoms with Gasteiger partial charge in [-0.1, -0.05) is 11.6 Å². The average Bonchev–Trinajstić information content (AvgIpc) is 3.33. The molecule has 148 valence electrons. The lowest BCUT2D eigenvalue weighted by Crippen LogP contribution is -2.34. The number of nitrogens with two attached hydrogens (primary N) is 1. The van der Waals surface area contributed by atoms with Crippen LogP contribution in [0.2, 0.25) is 0 Å². The summed E-state index contributed by atoms with van der Waals surface area (Å²) in [5.41, 5.74) is 7.41. The number of nitrogens with one attached hydrogen (secondary N) is 1. The van der Waals surface area contributed by atoms with Gasteiger partial charge in [0.15, 0.2) is 11.2 Å². The Bertz CT molecular complexity index is 967. The summed E-state index contributed by atoms with van der Waals surface area (Å²) in [7, 11) is 1.65. The lowest BCUT2D eigenvalue weighted by Gasteiger charge is -2.27. The van der Waals surface area contributed by atoms with Gasteiger partial charge in [-0.15, -0.1) is 5.10 Å². The number of fused-ring (bicyclic) bond motifs is 1. The van der Waals surface area contributed by atoms with E-state index in [-0.39, 0.29) is 17.9 Å². The van der Waals surface area contributed by atoms with Crippen molar-refractivity contribution in [2.45, 2.75) is 38.3 Å². The molecule has 3 N–H and O–H groups in total. The van der Waals surface area contributed by atoms with Crippen LogP contribution < -0.4 is 11.1 Å². The summed E-state index contributed by atoms with van der Waals surface area (Å²) in [6.07, 6.45) is 8.65. The molecule has 0 aromatic carbocycles. The van der Waals surface area contributed by atoms with Crippen LogP contribution in [0.3, 0.4) is 0 Å². The molecule has 1 fully saturated rings. The number of anilines is 1. The predicted molar refractivity (Wildman–Crippen MR) is 101 cm³/mol. The van der Waals surface area contributed by atoms with Crippen LogP contribution >= 0.6 is 0 Å². The smallest absolute Gasteiger partial charge is 0.225 e. The van der Waals surface area contributed by atoms with Gasteiger partial charge in [0.1, 0.15) is 5.69 Å². The number of methoxy groups -OCH3 is 1. The molecular formula is C17H23N9O2. The molecule has 1 amide bonds. The van der Waals surface area contributed by atoms with E-state index >= 15 is 0 Å². The highest BCUT2D eigenvalue weighted by molar-refractivity contribution is 5.77. The SMILES string of the molecule is COCCn1cc(-n2nnc3cnc(NC4CCCC(C(N)=O)C4)nc32)cn1. The van der Waals surface area contributed by atoms with Crippen molar-refractivity contribution in [1.82, 2.24) is 34.7 Å². The van der Waals surface area contributed by atoms with Crippen molar-refractivity contribution in [1.29, 1.82) is 0 Å². The average molecular weight is 385 g/mol. The van der Waals surface area contributed by atoms with E-state index in [2.05, 4.69) is 30.7 Å². The summed E-state index contributed by atoms with van der Waals surface area (Å²) in [5.74, 6) is 0.147. The van der Waals surface area contributed by atoms with Crippen molar-refractivity contribution in [3.05, 3.63) is 18.6 Å². The lowest BCUT2D eigenvalue weighted by molar-refractivity contribution is -0.122. The van der Waals surface area contributed by atoms with Crippen LogP contribution in [0, 0.1) is 5.92 Å². The molecule has 0 bridgehead atoms. The van der Waals surface area contributed by atoms with E-state index in [0.29, 0.717) is 36.7 Å². The van der Waals surface area contributed by atoms with E-state index in [4.69, 9.17) is 10.5 Å². The van der Waals surface area contributed by atoms with Gasteiger partial charge in [-0.05, 0) is 19.3 Å². The Labute approximate surface area is 161 Å². The Morgan fingerprint density at radius 1 is 1.39 bits per heavy atom. The fraction of sp³-hybridized carbons (Fsp3) is 0.529. The molecule has 1 saturated carbocycles. The van der Waals surface area contributed by atoms with Gasteiger partial charge < -0.3 is 15.8 Å². The van der Waals surface area contributed by atoms with Gasteiger partial charge in [0.2, 0.25) is 11.9 Å². The number of primary amides is 1. The molecule has 4 rings (SSSR count). The molecular weight excluding hydrogens is 362 g/mol. The van der Waals surface area contributed by atoms with E-state index < -0.39 is 0 Å². The van der Waals surface area contributed by atoms with Crippen LogP contribution in [0.15, 0.2) is 18.6 Å². The zero-order valence-corrected chi connectivity index (χ0v) is 15.7. The third-order valence-corrected chi connectivity index (χ3v) is 4.99. The molecule has 1 aliphatic rings. The van der Waals surface area contributed by atoms with Gasteiger partial charge in [0.25, 0.3) is 0 Å². The Kier molecular flexibility index (Phi) is 5.15. The quantitative estimate of drug-likeness (QED) is 0.600. The van der Waals surface area contributed by atoms with Crippen LogP contribution in [-0.4, -0.2) is 60.4 Å². The maximum Gasteiger partial charge on any atom is 0.225 e. The van der Waals surface area contributed by atoms with Gasteiger partial charge in [0, 0.05) is 19.1 Å². The molecule has 11 heteroatoms. The van der Waals surface area contributed by atoms with E-state index in [9.17, 15) is 4.79 Å². The molecule has 0 aliphatic heterocycles. The maximum atomic E-state index is 11.5. The summed E-state index contributed by atoms with van der Waals surface area (Å²) in [6, 6.07) is 0.116. The third-order valence-electron chi connectivity index (χ3n) is 4.99. The normalized spacial score (nSPS) is 19.8. The molecule has 0 spiro atoms. The Morgan fingerprint density at radius 3 is 3.11 bits per heavy atom. The summed E-state index contributed by atoms with van der Waals surface area (Å²) in [5, 5.41) is 15.9. The minimum atomic E-state index is -0.240. The van der Waals surface area contributed by atoms with E-state index in [1.54, 1.807) is 28.9 Å². The summed E-state index contributed by atoms with van der Waals surface area (Å²) in [4.78, 5) is 20.4. The monoisotopic (exact) mass is 385 g/mol. The molecule has 3 aromatic heterocycles. The number of rotatable bonds is 7. The summed E-state index contributed by atoms with van der Waals surface area (Å²) >= 11 is 0. The molecule has 0 radical (unpaired) electrons. The van der Waals surface area contributed by atoms with Crippen molar-refractivity contribution >= 4 is 23.0 Å². The second-order valence-corrected chi connectivity index (χ2v) is 6.97. The second kappa shape index (κ2) is 7.89. The van der Waals surface area contributed by atoms with Gasteiger partial charge >= 0.3 is 0 Å².